The number of likely N-dealkylation sites (tertiary alicyclic amines) is 1. The molecule has 1 aliphatic heterocycles. The molecule has 0 unspecified atom stereocenters. The summed E-state index contributed by atoms with van der Waals surface area (Å²) in [5, 5.41) is 0.432. The Morgan fingerprint density at radius 3 is 2.62 bits per heavy atom. The van der Waals surface area contributed by atoms with Gasteiger partial charge >= 0.3 is 0 Å². The first kappa shape index (κ1) is 18.6. The third-order valence-electron chi connectivity index (χ3n) is 4.53. The van der Waals surface area contributed by atoms with Gasteiger partial charge in [-0.3, -0.25) is 14.5 Å². The van der Waals surface area contributed by atoms with Crippen LogP contribution in [0.2, 0.25) is 0 Å². The number of aromatic nitrogens is 1. The van der Waals surface area contributed by atoms with E-state index in [9.17, 15) is 18.0 Å². The highest BCUT2D eigenvalue weighted by atomic mass is 32.2. The van der Waals surface area contributed by atoms with Crippen LogP contribution in [0.1, 0.15) is 28.9 Å². The number of nitrogens with one attached hydrogen (secondary N) is 2. The molecule has 1 aliphatic rings. The molecule has 9 heteroatoms. The zero-order valence-electron chi connectivity index (χ0n) is 14.5. The van der Waals surface area contributed by atoms with Gasteiger partial charge in [-0.15, -0.1) is 0 Å². The van der Waals surface area contributed by atoms with Crippen molar-refractivity contribution < 1.29 is 13.2 Å². The molecule has 1 aromatic heterocycles. The zero-order valence-corrected chi connectivity index (χ0v) is 15.3. The number of primary amides is 1. The Morgan fingerprint density at radius 1 is 1.31 bits per heavy atom. The van der Waals surface area contributed by atoms with E-state index in [4.69, 9.17) is 5.73 Å². The van der Waals surface area contributed by atoms with Gasteiger partial charge in [-0.2, -0.15) is 0 Å². The Morgan fingerprint density at radius 2 is 2.00 bits per heavy atom. The van der Waals surface area contributed by atoms with Gasteiger partial charge in [0.05, 0.1) is 6.26 Å². The monoisotopic (exact) mass is 378 g/mol. The second kappa shape index (κ2) is 7.18. The highest BCUT2D eigenvalue weighted by Crippen LogP contribution is 2.15. The molecular formula is C17H22N4O4S. The van der Waals surface area contributed by atoms with Crippen LogP contribution in [-0.4, -0.2) is 49.6 Å². The SMILES string of the molecule is CS(=O)(=O)NC1CCN(Cc2cc(=O)c3cc(C(N)=O)ccc3[nH]2)CC1. The lowest BCUT2D eigenvalue weighted by Crippen LogP contribution is -2.44. The van der Waals surface area contributed by atoms with E-state index in [0.29, 0.717) is 23.0 Å². The average Bonchev–Trinajstić information content (AvgIpc) is 2.55. The van der Waals surface area contributed by atoms with E-state index in [2.05, 4.69) is 14.6 Å². The molecule has 2 aromatic rings. The van der Waals surface area contributed by atoms with Crippen LogP contribution in [0.4, 0.5) is 0 Å². The van der Waals surface area contributed by atoms with Gasteiger partial charge in [0, 0.05) is 53.9 Å². The molecule has 1 fully saturated rings. The minimum absolute atomic E-state index is 0.0378. The van der Waals surface area contributed by atoms with Crippen molar-refractivity contribution in [2.75, 3.05) is 19.3 Å². The number of amides is 1. The van der Waals surface area contributed by atoms with Gasteiger partial charge in [0.1, 0.15) is 0 Å². The number of hydrogen-bond donors (Lipinski definition) is 3. The number of nitrogens with two attached hydrogens (primary N) is 1. The number of hydrogen-bond acceptors (Lipinski definition) is 5. The maximum Gasteiger partial charge on any atom is 0.248 e. The smallest absolute Gasteiger partial charge is 0.248 e. The minimum Gasteiger partial charge on any atom is -0.366 e. The van der Waals surface area contributed by atoms with Crippen LogP contribution in [0.25, 0.3) is 10.9 Å². The maximum absolute atomic E-state index is 12.4. The molecule has 8 nitrogen and oxygen atoms in total. The molecule has 140 valence electrons. The van der Waals surface area contributed by atoms with Crippen molar-refractivity contribution >= 4 is 26.8 Å². The standard InChI is InChI=1S/C17H22N4O4S/c1-26(24,25)20-12-4-6-21(7-5-12)10-13-9-16(22)14-8-11(17(18)23)2-3-15(14)19-13/h2-3,8-9,12,20H,4-7,10H2,1H3,(H2,18,23)(H,19,22). The van der Waals surface area contributed by atoms with E-state index in [1.54, 1.807) is 12.1 Å². The van der Waals surface area contributed by atoms with Crippen molar-refractivity contribution in [2.24, 2.45) is 5.73 Å². The summed E-state index contributed by atoms with van der Waals surface area (Å²) in [5.41, 5.74) is 6.84. The van der Waals surface area contributed by atoms with Crippen LogP contribution in [0.3, 0.4) is 0 Å². The predicted octanol–water partition coefficient (Wildman–Crippen LogP) is 0.141. The van der Waals surface area contributed by atoms with Gasteiger partial charge in [0.25, 0.3) is 0 Å². The van der Waals surface area contributed by atoms with Gasteiger partial charge in [0.15, 0.2) is 5.43 Å². The Balaban J connectivity index is 1.71. The Bertz CT molecular complexity index is 991. The molecule has 1 saturated heterocycles. The normalized spacial score (nSPS) is 16.8. The number of carbonyl (C=O) groups excluding carboxylic acids is 1. The van der Waals surface area contributed by atoms with Crippen LogP contribution in [0, 0.1) is 0 Å². The van der Waals surface area contributed by atoms with Crippen molar-refractivity contribution in [3.05, 3.63) is 45.7 Å². The van der Waals surface area contributed by atoms with Crippen LogP contribution in [0.5, 0.6) is 0 Å². The number of rotatable bonds is 5. The first-order valence-electron chi connectivity index (χ1n) is 8.37. The number of benzene rings is 1. The van der Waals surface area contributed by atoms with Crippen molar-refractivity contribution in [3.63, 3.8) is 0 Å². The number of sulfonamides is 1. The molecular weight excluding hydrogens is 356 g/mol. The lowest BCUT2D eigenvalue weighted by molar-refractivity contribution is 0.100. The molecule has 0 aliphatic carbocycles. The van der Waals surface area contributed by atoms with Crippen LogP contribution in [-0.2, 0) is 16.6 Å². The average molecular weight is 378 g/mol. The van der Waals surface area contributed by atoms with E-state index in [-0.39, 0.29) is 11.5 Å². The highest BCUT2D eigenvalue weighted by molar-refractivity contribution is 7.88. The molecule has 0 saturated carbocycles. The molecule has 26 heavy (non-hydrogen) atoms. The van der Waals surface area contributed by atoms with E-state index in [0.717, 1.165) is 31.6 Å². The third kappa shape index (κ3) is 4.48. The van der Waals surface area contributed by atoms with Crippen LogP contribution >= 0.6 is 0 Å². The summed E-state index contributed by atoms with van der Waals surface area (Å²) in [4.78, 5) is 29.0. The number of aromatic amines is 1. The van der Waals surface area contributed by atoms with Gasteiger partial charge in [0.2, 0.25) is 15.9 Å². The summed E-state index contributed by atoms with van der Waals surface area (Å²) in [6.07, 6.45) is 2.63. The lowest BCUT2D eigenvalue weighted by Gasteiger charge is -2.31. The topological polar surface area (TPSA) is 125 Å². The van der Waals surface area contributed by atoms with Crippen molar-refractivity contribution in [1.82, 2.24) is 14.6 Å². The van der Waals surface area contributed by atoms with Crippen molar-refractivity contribution in [2.45, 2.75) is 25.4 Å². The van der Waals surface area contributed by atoms with Crippen LogP contribution < -0.4 is 15.9 Å². The third-order valence-corrected chi connectivity index (χ3v) is 5.29. The second-order valence-electron chi connectivity index (χ2n) is 6.72. The summed E-state index contributed by atoms with van der Waals surface area (Å²) in [6, 6.07) is 6.27. The largest absolute Gasteiger partial charge is 0.366 e. The van der Waals surface area contributed by atoms with Gasteiger partial charge < -0.3 is 10.7 Å². The summed E-state index contributed by atoms with van der Waals surface area (Å²) in [7, 11) is -3.19. The molecule has 1 amide bonds. The Hall–Kier alpha value is -2.23. The van der Waals surface area contributed by atoms with Crippen LogP contribution in [0.15, 0.2) is 29.1 Å². The number of H-pyrrole nitrogens is 1. The fourth-order valence-corrected chi connectivity index (χ4v) is 4.13. The van der Waals surface area contributed by atoms with E-state index >= 15 is 0 Å². The second-order valence-corrected chi connectivity index (χ2v) is 8.50. The minimum atomic E-state index is -3.19. The molecule has 2 heterocycles. The van der Waals surface area contributed by atoms with E-state index in [1.807, 2.05) is 0 Å². The molecule has 3 rings (SSSR count). The summed E-state index contributed by atoms with van der Waals surface area (Å²) in [6.45, 7) is 2.07. The molecule has 0 atom stereocenters. The lowest BCUT2D eigenvalue weighted by atomic mass is 10.1. The van der Waals surface area contributed by atoms with E-state index < -0.39 is 15.9 Å². The quantitative estimate of drug-likeness (QED) is 0.682. The van der Waals surface area contributed by atoms with Crippen molar-refractivity contribution in [1.29, 1.82) is 0 Å². The van der Waals surface area contributed by atoms with Gasteiger partial charge in [-0.05, 0) is 31.0 Å². The maximum atomic E-state index is 12.4. The molecule has 0 bridgehead atoms. The zero-order chi connectivity index (χ0) is 18.9. The first-order chi connectivity index (χ1) is 12.2. The summed E-state index contributed by atoms with van der Waals surface area (Å²) >= 11 is 0. The molecule has 0 spiro atoms. The predicted molar refractivity (Wildman–Crippen MR) is 99.4 cm³/mol. The molecule has 4 N–H and O–H groups in total. The fourth-order valence-electron chi connectivity index (χ4n) is 3.29. The number of pyridine rings is 1. The first-order valence-corrected chi connectivity index (χ1v) is 10.3. The van der Waals surface area contributed by atoms with Gasteiger partial charge in [-0.25, -0.2) is 13.1 Å². The molecule has 0 radical (unpaired) electrons. The summed E-state index contributed by atoms with van der Waals surface area (Å²) in [5.74, 6) is -0.569. The van der Waals surface area contributed by atoms with Crippen molar-refractivity contribution in [3.8, 4) is 0 Å². The number of nitrogens with zero attached hydrogens (tertiary/aromatic N) is 1. The van der Waals surface area contributed by atoms with E-state index in [1.165, 1.54) is 18.4 Å². The molecule has 1 aromatic carbocycles. The number of piperidine rings is 1. The Labute approximate surface area is 151 Å². The number of fused-ring (bicyclic) bond motifs is 1. The highest BCUT2D eigenvalue weighted by Gasteiger charge is 2.22. The fraction of sp³-hybridized carbons (Fsp3) is 0.412. The number of carbonyl (C=O) groups is 1. The Kier molecular flexibility index (Phi) is 5.12. The summed E-state index contributed by atoms with van der Waals surface area (Å²) < 4.78 is 25.3. The van der Waals surface area contributed by atoms with Gasteiger partial charge in [-0.1, -0.05) is 0 Å².